The molecular formula is C22H30F2NO+. The first-order chi connectivity index (χ1) is 12.2. The quantitative estimate of drug-likeness (QED) is 0.475. The van der Waals surface area contributed by atoms with E-state index in [1.54, 1.807) is 0 Å². The van der Waals surface area contributed by atoms with Crippen LogP contribution in [0.1, 0.15) is 34.8 Å². The Labute approximate surface area is 156 Å². The number of benzene rings is 2. The van der Waals surface area contributed by atoms with Gasteiger partial charge in [-0.05, 0) is 49.9 Å². The van der Waals surface area contributed by atoms with E-state index in [9.17, 15) is 8.78 Å². The van der Waals surface area contributed by atoms with Gasteiger partial charge in [0.05, 0.1) is 21.1 Å². The van der Waals surface area contributed by atoms with E-state index in [1.807, 2.05) is 0 Å². The van der Waals surface area contributed by atoms with Gasteiger partial charge in [-0.2, -0.15) is 0 Å². The minimum absolute atomic E-state index is 0.0407. The number of hydrogen-bond acceptors (Lipinski definition) is 1. The Morgan fingerprint density at radius 1 is 1.00 bits per heavy atom. The number of likely N-dealkylation sites (N-methyl/N-ethyl adjacent to an activating group) is 1. The molecule has 0 N–H and O–H groups in total. The normalized spacial score (nSPS) is 13.0. The van der Waals surface area contributed by atoms with E-state index in [0.29, 0.717) is 19.4 Å². The average molecular weight is 362 g/mol. The fraction of sp³-hybridized carbons (Fsp3) is 0.455. The Morgan fingerprint density at radius 2 is 1.65 bits per heavy atom. The van der Waals surface area contributed by atoms with Crippen molar-refractivity contribution in [1.82, 2.24) is 0 Å². The van der Waals surface area contributed by atoms with E-state index in [-0.39, 0.29) is 11.7 Å². The number of aryl methyl sites for hydroxylation is 2. The van der Waals surface area contributed by atoms with Crippen molar-refractivity contribution in [3.8, 4) is 0 Å². The molecule has 4 heteroatoms. The zero-order valence-corrected chi connectivity index (χ0v) is 16.5. The molecule has 26 heavy (non-hydrogen) atoms. The summed E-state index contributed by atoms with van der Waals surface area (Å²) < 4.78 is 34.4. The smallest absolute Gasteiger partial charge is 0.132 e. The molecule has 0 heterocycles. The number of ether oxygens (including phenoxy) is 1. The van der Waals surface area contributed by atoms with Crippen molar-refractivity contribution < 1.29 is 18.0 Å². The minimum atomic E-state index is -0.484. The standard InChI is InChI=1S/C22H30F2NO/c1-16-11-12-18(17(2)14-16)22(15-25(3,4)5)26-13-7-8-19-20(23)9-6-10-21(19)24/h6,9-12,14,22H,7-8,13,15H2,1-5H3/q+1. The second-order valence-electron chi connectivity index (χ2n) is 8.00. The molecule has 0 aliphatic heterocycles. The topological polar surface area (TPSA) is 9.23 Å². The Morgan fingerprint density at radius 3 is 2.23 bits per heavy atom. The third-order valence-corrected chi connectivity index (χ3v) is 4.44. The van der Waals surface area contributed by atoms with E-state index >= 15 is 0 Å². The molecule has 142 valence electrons. The van der Waals surface area contributed by atoms with Crippen LogP contribution in [0.3, 0.4) is 0 Å². The molecule has 0 amide bonds. The van der Waals surface area contributed by atoms with Crippen LogP contribution >= 0.6 is 0 Å². The van der Waals surface area contributed by atoms with Crippen LogP contribution in [0.5, 0.6) is 0 Å². The van der Waals surface area contributed by atoms with E-state index in [1.165, 1.54) is 34.9 Å². The molecule has 0 fully saturated rings. The second-order valence-corrected chi connectivity index (χ2v) is 8.00. The third-order valence-electron chi connectivity index (χ3n) is 4.44. The van der Waals surface area contributed by atoms with Crippen LogP contribution in [0.2, 0.25) is 0 Å². The van der Waals surface area contributed by atoms with Crippen molar-refractivity contribution in [3.05, 3.63) is 70.3 Å². The fourth-order valence-electron chi connectivity index (χ4n) is 3.17. The van der Waals surface area contributed by atoms with Gasteiger partial charge in [0.2, 0.25) is 0 Å². The van der Waals surface area contributed by atoms with Crippen LogP contribution in [0.25, 0.3) is 0 Å². The maximum Gasteiger partial charge on any atom is 0.132 e. The summed E-state index contributed by atoms with van der Waals surface area (Å²) in [5.74, 6) is -0.968. The maximum absolute atomic E-state index is 13.7. The maximum atomic E-state index is 13.7. The van der Waals surface area contributed by atoms with Gasteiger partial charge < -0.3 is 9.22 Å². The Bertz CT molecular complexity index is 717. The highest BCUT2D eigenvalue weighted by atomic mass is 19.1. The summed E-state index contributed by atoms with van der Waals surface area (Å²) >= 11 is 0. The van der Waals surface area contributed by atoms with E-state index < -0.39 is 11.6 Å². The molecular weight excluding hydrogens is 332 g/mol. The predicted octanol–water partition coefficient (Wildman–Crippen LogP) is 4.98. The van der Waals surface area contributed by atoms with Crippen LogP contribution in [-0.4, -0.2) is 38.8 Å². The SMILES string of the molecule is Cc1ccc(C(C[N+](C)(C)C)OCCCc2c(F)cccc2F)c(C)c1. The molecule has 0 aliphatic rings. The van der Waals surface area contributed by atoms with Gasteiger partial charge in [-0.25, -0.2) is 8.78 Å². The van der Waals surface area contributed by atoms with Crippen molar-refractivity contribution in [2.24, 2.45) is 0 Å². The summed E-state index contributed by atoms with van der Waals surface area (Å²) in [5, 5.41) is 0. The monoisotopic (exact) mass is 362 g/mol. The number of quaternary nitrogens is 1. The average Bonchev–Trinajstić information content (AvgIpc) is 2.51. The van der Waals surface area contributed by atoms with E-state index in [2.05, 4.69) is 53.2 Å². The Balaban J connectivity index is 2.03. The van der Waals surface area contributed by atoms with Crippen LogP contribution < -0.4 is 0 Å². The highest BCUT2D eigenvalue weighted by Crippen LogP contribution is 2.25. The minimum Gasteiger partial charge on any atom is -0.368 e. The van der Waals surface area contributed by atoms with Crippen molar-refractivity contribution in [2.45, 2.75) is 32.8 Å². The van der Waals surface area contributed by atoms with E-state index in [4.69, 9.17) is 4.74 Å². The van der Waals surface area contributed by atoms with Crippen LogP contribution in [0.15, 0.2) is 36.4 Å². The van der Waals surface area contributed by atoms with Gasteiger partial charge in [-0.3, -0.25) is 0 Å². The first-order valence-electron chi connectivity index (χ1n) is 9.09. The predicted molar refractivity (Wildman–Crippen MR) is 102 cm³/mol. The van der Waals surface area contributed by atoms with Gasteiger partial charge in [-0.15, -0.1) is 0 Å². The molecule has 2 aromatic carbocycles. The van der Waals surface area contributed by atoms with Gasteiger partial charge >= 0.3 is 0 Å². The molecule has 2 aromatic rings. The zero-order valence-electron chi connectivity index (χ0n) is 16.5. The summed E-state index contributed by atoms with van der Waals surface area (Å²) in [7, 11) is 6.40. The first kappa shape index (κ1) is 20.5. The lowest BCUT2D eigenvalue weighted by Gasteiger charge is -2.30. The van der Waals surface area contributed by atoms with Crippen molar-refractivity contribution in [1.29, 1.82) is 0 Å². The van der Waals surface area contributed by atoms with Crippen molar-refractivity contribution >= 4 is 0 Å². The molecule has 0 radical (unpaired) electrons. The van der Waals surface area contributed by atoms with Gasteiger partial charge in [0.1, 0.15) is 24.3 Å². The summed E-state index contributed by atoms with van der Waals surface area (Å²) in [6.07, 6.45) is 0.875. The number of rotatable bonds is 8. The molecule has 1 atom stereocenters. The van der Waals surface area contributed by atoms with Crippen LogP contribution in [0.4, 0.5) is 8.78 Å². The molecule has 0 aromatic heterocycles. The summed E-state index contributed by atoms with van der Waals surface area (Å²) in [4.78, 5) is 0. The lowest BCUT2D eigenvalue weighted by Crippen LogP contribution is -2.39. The summed E-state index contributed by atoms with van der Waals surface area (Å²) in [6, 6.07) is 10.4. The lowest BCUT2D eigenvalue weighted by atomic mass is 10.00. The van der Waals surface area contributed by atoms with Crippen molar-refractivity contribution in [3.63, 3.8) is 0 Å². The van der Waals surface area contributed by atoms with Gasteiger partial charge in [0, 0.05) is 12.2 Å². The summed E-state index contributed by atoms with van der Waals surface area (Å²) in [5.41, 5.74) is 3.76. The Kier molecular flexibility index (Phi) is 6.90. The molecule has 0 bridgehead atoms. The van der Waals surface area contributed by atoms with Gasteiger partial charge in [0.25, 0.3) is 0 Å². The highest BCUT2D eigenvalue weighted by molar-refractivity contribution is 5.32. The lowest BCUT2D eigenvalue weighted by molar-refractivity contribution is -0.874. The molecule has 0 spiro atoms. The number of halogens is 2. The number of hydrogen-bond donors (Lipinski definition) is 0. The molecule has 0 aliphatic carbocycles. The molecule has 2 nitrogen and oxygen atoms in total. The second kappa shape index (κ2) is 8.74. The third kappa shape index (κ3) is 5.89. The first-order valence-corrected chi connectivity index (χ1v) is 9.09. The summed E-state index contributed by atoms with van der Waals surface area (Å²) in [6.45, 7) is 5.47. The molecule has 0 saturated carbocycles. The van der Waals surface area contributed by atoms with Crippen LogP contribution in [0, 0.1) is 25.5 Å². The largest absolute Gasteiger partial charge is 0.368 e. The van der Waals surface area contributed by atoms with Crippen LogP contribution in [-0.2, 0) is 11.2 Å². The molecule has 2 rings (SSSR count). The Hall–Kier alpha value is -1.78. The van der Waals surface area contributed by atoms with E-state index in [0.717, 1.165) is 11.0 Å². The number of nitrogens with zero attached hydrogens (tertiary/aromatic N) is 1. The van der Waals surface area contributed by atoms with Gasteiger partial charge in [0.15, 0.2) is 0 Å². The molecule has 0 saturated heterocycles. The highest BCUT2D eigenvalue weighted by Gasteiger charge is 2.22. The fourth-order valence-corrected chi connectivity index (χ4v) is 3.17. The van der Waals surface area contributed by atoms with Gasteiger partial charge in [-0.1, -0.05) is 29.8 Å². The van der Waals surface area contributed by atoms with Crippen molar-refractivity contribution in [2.75, 3.05) is 34.3 Å². The molecule has 1 unspecified atom stereocenters. The zero-order chi connectivity index (χ0) is 19.3.